The second-order valence-electron chi connectivity index (χ2n) is 3.72. The Morgan fingerprint density at radius 3 is 2.72 bits per heavy atom. The highest BCUT2D eigenvalue weighted by Crippen LogP contribution is 2.16. The number of benzene rings is 1. The molecule has 0 aliphatic carbocycles. The molecule has 0 radical (unpaired) electrons. The first-order chi connectivity index (χ1) is 8.61. The standard InChI is InChI=1S/C13H16O5/c1-10(2)9-16-7-8-17-18-13(15)11-5-3-4-6-12(11)14/h3-6,14H,1,7-9H2,2H3. The van der Waals surface area contributed by atoms with E-state index in [1.165, 1.54) is 12.1 Å². The molecular formula is C13H16O5. The molecule has 0 saturated carbocycles. The zero-order chi connectivity index (χ0) is 13.4. The number of carbonyl (C=O) groups excluding carboxylic acids is 1. The molecule has 1 N–H and O–H groups in total. The molecule has 5 nitrogen and oxygen atoms in total. The zero-order valence-electron chi connectivity index (χ0n) is 10.2. The average molecular weight is 252 g/mol. The van der Waals surface area contributed by atoms with Crippen LogP contribution in [0, 0.1) is 0 Å². The maximum Gasteiger partial charge on any atom is 0.376 e. The molecule has 0 aliphatic heterocycles. The van der Waals surface area contributed by atoms with Crippen LogP contribution in [0.25, 0.3) is 0 Å². The molecule has 0 aromatic heterocycles. The van der Waals surface area contributed by atoms with Crippen LogP contribution >= 0.6 is 0 Å². The van der Waals surface area contributed by atoms with E-state index in [1.54, 1.807) is 12.1 Å². The smallest absolute Gasteiger partial charge is 0.376 e. The number of carbonyl (C=O) groups is 1. The summed E-state index contributed by atoms with van der Waals surface area (Å²) in [6.07, 6.45) is 0. The lowest BCUT2D eigenvalue weighted by atomic mass is 10.2. The molecule has 0 fully saturated rings. The molecule has 0 bridgehead atoms. The minimum absolute atomic E-state index is 0.0559. The van der Waals surface area contributed by atoms with Crippen molar-refractivity contribution in [2.45, 2.75) is 6.92 Å². The number of rotatable bonds is 7. The minimum Gasteiger partial charge on any atom is -0.507 e. The lowest BCUT2D eigenvalue weighted by molar-refractivity contribution is -0.246. The highest BCUT2D eigenvalue weighted by atomic mass is 17.2. The second-order valence-corrected chi connectivity index (χ2v) is 3.72. The fourth-order valence-corrected chi connectivity index (χ4v) is 1.13. The number of phenols is 1. The molecule has 0 saturated heterocycles. The summed E-state index contributed by atoms with van der Waals surface area (Å²) in [5.74, 6) is -0.891. The first-order valence-corrected chi connectivity index (χ1v) is 5.45. The maximum absolute atomic E-state index is 11.4. The topological polar surface area (TPSA) is 65.0 Å². The first-order valence-electron chi connectivity index (χ1n) is 5.45. The lowest BCUT2D eigenvalue weighted by Gasteiger charge is -2.05. The molecule has 1 aromatic rings. The van der Waals surface area contributed by atoms with E-state index in [4.69, 9.17) is 4.74 Å². The van der Waals surface area contributed by atoms with Crippen LogP contribution in [0.4, 0.5) is 0 Å². The van der Waals surface area contributed by atoms with E-state index in [-0.39, 0.29) is 17.9 Å². The Kier molecular flexibility index (Phi) is 5.90. The predicted octanol–water partition coefficient (Wildman–Crippen LogP) is 2.07. The SMILES string of the molecule is C=C(C)COCCOOC(=O)c1ccccc1O. The van der Waals surface area contributed by atoms with Crippen molar-refractivity contribution in [1.29, 1.82) is 0 Å². The van der Waals surface area contributed by atoms with Crippen LogP contribution in [-0.4, -0.2) is 30.9 Å². The third-order valence-corrected chi connectivity index (χ3v) is 1.92. The summed E-state index contributed by atoms with van der Waals surface area (Å²) in [7, 11) is 0. The molecule has 0 spiro atoms. The Morgan fingerprint density at radius 2 is 2.06 bits per heavy atom. The summed E-state index contributed by atoms with van der Waals surface area (Å²) in [4.78, 5) is 20.6. The van der Waals surface area contributed by atoms with Gasteiger partial charge in [0.2, 0.25) is 0 Å². The number of hydrogen-bond acceptors (Lipinski definition) is 5. The van der Waals surface area contributed by atoms with Crippen molar-refractivity contribution < 1.29 is 24.4 Å². The normalized spacial score (nSPS) is 10.1. The second kappa shape index (κ2) is 7.47. The van der Waals surface area contributed by atoms with Crippen molar-refractivity contribution >= 4 is 5.97 Å². The van der Waals surface area contributed by atoms with Gasteiger partial charge in [0.05, 0.1) is 13.2 Å². The van der Waals surface area contributed by atoms with Crippen molar-refractivity contribution in [3.05, 3.63) is 42.0 Å². The Bertz CT molecular complexity index is 414. The van der Waals surface area contributed by atoms with Crippen molar-refractivity contribution in [2.75, 3.05) is 19.8 Å². The molecule has 1 rings (SSSR count). The van der Waals surface area contributed by atoms with E-state index >= 15 is 0 Å². The van der Waals surface area contributed by atoms with Gasteiger partial charge in [-0.3, -0.25) is 4.89 Å². The highest BCUT2D eigenvalue weighted by molar-refractivity contribution is 5.91. The first kappa shape index (κ1) is 14.2. The third kappa shape index (κ3) is 4.99. The number of aromatic hydroxyl groups is 1. The lowest BCUT2D eigenvalue weighted by Crippen LogP contribution is -2.11. The van der Waals surface area contributed by atoms with Gasteiger partial charge in [-0.1, -0.05) is 24.3 Å². The molecule has 1 aromatic carbocycles. The Hall–Kier alpha value is -1.85. The van der Waals surface area contributed by atoms with E-state index in [1.807, 2.05) is 6.92 Å². The van der Waals surface area contributed by atoms with Gasteiger partial charge in [0, 0.05) is 0 Å². The van der Waals surface area contributed by atoms with Crippen LogP contribution in [-0.2, 0) is 14.5 Å². The van der Waals surface area contributed by atoms with Gasteiger partial charge >= 0.3 is 5.97 Å². The third-order valence-electron chi connectivity index (χ3n) is 1.92. The van der Waals surface area contributed by atoms with Gasteiger partial charge in [0.15, 0.2) is 0 Å². The van der Waals surface area contributed by atoms with Gasteiger partial charge < -0.3 is 9.84 Å². The van der Waals surface area contributed by atoms with E-state index in [0.29, 0.717) is 13.2 Å². The van der Waals surface area contributed by atoms with Crippen LogP contribution < -0.4 is 0 Å². The van der Waals surface area contributed by atoms with Gasteiger partial charge in [-0.25, -0.2) is 4.79 Å². The quantitative estimate of drug-likeness (QED) is 0.348. The maximum atomic E-state index is 11.4. The van der Waals surface area contributed by atoms with Gasteiger partial charge in [-0.15, -0.1) is 0 Å². The van der Waals surface area contributed by atoms with Gasteiger partial charge in [-0.2, -0.15) is 4.89 Å². The summed E-state index contributed by atoms with van der Waals surface area (Å²) in [6, 6.07) is 6.07. The minimum atomic E-state index is -0.743. The average Bonchev–Trinajstić information content (AvgIpc) is 2.33. The van der Waals surface area contributed by atoms with E-state index < -0.39 is 5.97 Å². The Morgan fingerprint density at radius 1 is 1.33 bits per heavy atom. The number of ether oxygens (including phenoxy) is 1. The highest BCUT2D eigenvalue weighted by Gasteiger charge is 2.12. The number of para-hydroxylation sites is 1. The van der Waals surface area contributed by atoms with E-state index in [9.17, 15) is 9.90 Å². The molecule has 5 heteroatoms. The van der Waals surface area contributed by atoms with E-state index in [0.717, 1.165) is 5.57 Å². The number of phenolic OH excluding ortho intramolecular Hbond substituents is 1. The summed E-state index contributed by atoms with van der Waals surface area (Å²) >= 11 is 0. The largest absolute Gasteiger partial charge is 0.507 e. The zero-order valence-corrected chi connectivity index (χ0v) is 10.2. The monoisotopic (exact) mass is 252 g/mol. The Balaban J connectivity index is 2.22. The molecule has 0 aliphatic rings. The van der Waals surface area contributed by atoms with Gasteiger partial charge in [0.1, 0.15) is 17.9 Å². The Labute approximate surface area is 106 Å². The van der Waals surface area contributed by atoms with Crippen molar-refractivity contribution in [3.8, 4) is 5.75 Å². The van der Waals surface area contributed by atoms with Crippen molar-refractivity contribution in [1.82, 2.24) is 0 Å². The molecular weight excluding hydrogens is 236 g/mol. The van der Waals surface area contributed by atoms with Crippen LogP contribution in [0.3, 0.4) is 0 Å². The molecule has 0 amide bonds. The molecule has 0 unspecified atom stereocenters. The molecule has 98 valence electrons. The van der Waals surface area contributed by atoms with Gasteiger partial charge in [0.25, 0.3) is 0 Å². The predicted molar refractivity (Wildman–Crippen MR) is 65.1 cm³/mol. The van der Waals surface area contributed by atoms with Crippen LogP contribution in [0.15, 0.2) is 36.4 Å². The molecule has 18 heavy (non-hydrogen) atoms. The molecule has 0 heterocycles. The molecule has 0 atom stereocenters. The summed E-state index contributed by atoms with van der Waals surface area (Å²) in [5.41, 5.74) is 0.960. The van der Waals surface area contributed by atoms with Crippen LogP contribution in [0.1, 0.15) is 17.3 Å². The summed E-state index contributed by atoms with van der Waals surface area (Å²) in [6.45, 7) is 6.37. The summed E-state index contributed by atoms with van der Waals surface area (Å²) < 4.78 is 5.14. The summed E-state index contributed by atoms with van der Waals surface area (Å²) in [5, 5.41) is 9.39. The van der Waals surface area contributed by atoms with E-state index in [2.05, 4.69) is 16.4 Å². The fourth-order valence-electron chi connectivity index (χ4n) is 1.13. The number of hydrogen-bond donors (Lipinski definition) is 1. The van der Waals surface area contributed by atoms with Crippen LogP contribution in [0.2, 0.25) is 0 Å². The van der Waals surface area contributed by atoms with Crippen molar-refractivity contribution in [3.63, 3.8) is 0 Å². The fraction of sp³-hybridized carbons (Fsp3) is 0.308. The van der Waals surface area contributed by atoms with Gasteiger partial charge in [-0.05, 0) is 19.1 Å². The van der Waals surface area contributed by atoms with Crippen LogP contribution in [0.5, 0.6) is 5.75 Å². The van der Waals surface area contributed by atoms with Crippen molar-refractivity contribution in [2.24, 2.45) is 0 Å².